The van der Waals surface area contributed by atoms with E-state index in [4.69, 9.17) is 5.11 Å². The summed E-state index contributed by atoms with van der Waals surface area (Å²) in [5.74, 6) is 0.225. The molecule has 5 heteroatoms. The maximum absolute atomic E-state index is 9.55. The molecule has 1 saturated carbocycles. The van der Waals surface area contributed by atoms with Crippen molar-refractivity contribution in [3.8, 4) is 5.75 Å². The largest absolute Gasteiger partial charge is 0.506 e. The zero-order valence-electron chi connectivity index (χ0n) is 8.58. The predicted molar refractivity (Wildman–Crippen MR) is 69.4 cm³/mol. The number of aromatic hydroxyl groups is 1. The van der Waals surface area contributed by atoms with Gasteiger partial charge >= 0.3 is 0 Å². The number of phenolic OH excluding ortho intramolecular Hbond substituents is 1. The standard InChI is InChI=1S/C11H13Br2NO2/c12-9-1-6(2-10(13)11(9)16)5-14-7-3-8(15)4-7/h1-2,7-8,14-16H,3-5H2. The Labute approximate surface area is 111 Å². The maximum Gasteiger partial charge on any atom is 0.143 e. The van der Waals surface area contributed by atoms with Crippen LogP contribution in [0.2, 0.25) is 0 Å². The van der Waals surface area contributed by atoms with Crippen molar-refractivity contribution < 1.29 is 10.2 Å². The monoisotopic (exact) mass is 349 g/mol. The number of phenols is 1. The van der Waals surface area contributed by atoms with Crippen LogP contribution in [0.5, 0.6) is 5.75 Å². The van der Waals surface area contributed by atoms with Gasteiger partial charge in [0, 0.05) is 12.6 Å². The summed E-state index contributed by atoms with van der Waals surface area (Å²) in [6.07, 6.45) is 1.54. The number of benzene rings is 1. The molecule has 0 amide bonds. The fraction of sp³-hybridized carbons (Fsp3) is 0.455. The van der Waals surface area contributed by atoms with Gasteiger partial charge in [-0.2, -0.15) is 0 Å². The molecule has 3 N–H and O–H groups in total. The van der Waals surface area contributed by atoms with Gasteiger partial charge in [-0.3, -0.25) is 0 Å². The summed E-state index contributed by atoms with van der Waals surface area (Å²) in [5.41, 5.74) is 1.10. The Morgan fingerprint density at radius 3 is 2.31 bits per heavy atom. The van der Waals surface area contributed by atoms with Gasteiger partial charge in [-0.1, -0.05) is 0 Å². The lowest BCUT2D eigenvalue weighted by atomic mass is 9.89. The average molecular weight is 351 g/mol. The molecule has 0 spiro atoms. The van der Waals surface area contributed by atoms with E-state index in [2.05, 4.69) is 37.2 Å². The molecule has 0 heterocycles. The minimum Gasteiger partial charge on any atom is -0.506 e. The minimum absolute atomic E-state index is 0.129. The van der Waals surface area contributed by atoms with Gasteiger partial charge in [0.05, 0.1) is 15.0 Å². The molecule has 1 aromatic carbocycles. The van der Waals surface area contributed by atoms with Crippen molar-refractivity contribution in [1.82, 2.24) is 5.32 Å². The molecule has 0 unspecified atom stereocenters. The Balaban J connectivity index is 1.94. The van der Waals surface area contributed by atoms with Crippen LogP contribution in [0.15, 0.2) is 21.1 Å². The van der Waals surface area contributed by atoms with E-state index in [1.165, 1.54) is 0 Å². The number of rotatable bonds is 3. The third-order valence-corrected chi connectivity index (χ3v) is 3.99. The van der Waals surface area contributed by atoms with Gasteiger partial charge in [0.15, 0.2) is 0 Å². The molecule has 3 nitrogen and oxygen atoms in total. The van der Waals surface area contributed by atoms with Crippen LogP contribution in [0.3, 0.4) is 0 Å². The third-order valence-electron chi connectivity index (χ3n) is 2.78. The predicted octanol–water partition coefficient (Wildman–Crippen LogP) is 2.53. The Morgan fingerprint density at radius 2 is 1.81 bits per heavy atom. The molecule has 2 rings (SSSR count). The van der Waals surface area contributed by atoms with E-state index in [-0.39, 0.29) is 11.9 Å². The van der Waals surface area contributed by atoms with Gasteiger partial charge in [0.2, 0.25) is 0 Å². The maximum atomic E-state index is 9.55. The molecule has 0 radical (unpaired) electrons. The van der Waals surface area contributed by atoms with Gasteiger partial charge < -0.3 is 15.5 Å². The van der Waals surface area contributed by atoms with Crippen molar-refractivity contribution in [2.45, 2.75) is 31.5 Å². The summed E-state index contributed by atoms with van der Waals surface area (Å²) in [6, 6.07) is 4.20. The van der Waals surface area contributed by atoms with Crippen LogP contribution in [0.1, 0.15) is 18.4 Å². The molecule has 0 saturated heterocycles. The highest BCUT2D eigenvalue weighted by Gasteiger charge is 2.26. The van der Waals surface area contributed by atoms with Crippen molar-refractivity contribution in [2.24, 2.45) is 0 Å². The lowest BCUT2D eigenvalue weighted by Crippen LogP contribution is -2.43. The lowest BCUT2D eigenvalue weighted by molar-refractivity contribution is 0.0619. The normalized spacial score (nSPS) is 24.2. The second-order valence-corrected chi connectivity index (χ2v) is 5.82. The SMILES string of the molecule is Oc1c(Br)cc(CNC2CC(O)C2)cc1Br. The molecule has 0 atom stereocenters. The van der Waals surface area contributed by atoms with E-state index in [9.17, 15) is 5.11 Å². The highest BCUT2D eigenvalue weighted by Crippen LogP contribution is 2.33. The third kappa shape index (κ3) is 2.77. The first-order valence-corrected chi connectivity index (χ1v) is 6.73. The van der Waals surface area contributed by atoms with Crippen molar-refractivity contribution in [3.05, 3.63) is 26.6 Å². The second kappa shape index (κ2) is 5.04. The quantitative estimate of drug-likeness (QED) is 0.785. The topological polar surface area (TPSA) is 52.5 Å². The molecule has 0 bridgehead atoms. The molecular formula is C11H13Br2NO2. The van der Waals surface area contributed by atoms with E-state index >= 15 is 0 Å². The summed E-state index contributed by atoms with van der Waals surface area (Å²) >= 11 is 6.59. The first-order chi connectivity index (χ1) is 7.56. The summed E-state index contributed by atoms with van der Waals surface area (Å²) in [6.45, 7) is 0.745. The smallest absolute Gasteiger partial charge is 0.143 e. The molecule has 0 aliphatic heterocycles. The first-order valence-electron chi connectivity index (χ1n) is 5.14. The number of hydrogen-bond acceptors (Lipinski definition) is 3. The first kappa shape index (κ1) is 12.4. The van der Waals surface area contributed by atoms with Crippen molar-refractivity contribution >= 4 is 31.9 Å². The van der Waals surface area contributed by atoms with E-state index in [1.807, 2.05) is 12.1 Å². The number of aliphatic hydroxyl groups excluding tert-OH is 1. The van der Waals surface area contributed by atoms with Crippen molar-refractivity contribution in [2.75, 3.05) is 0 Å². The highest BCUT2D eigenvalue weighted by atomic mass is 79.9. The van der Waals surface area contributed by atoms with E-state index in [0.717, 1.165) is 24.9 Å². The van der Waals surface area contributed by atoms with Gasteiger partial charge in [0.25, 0.3) is 0 Å². The van der Waals surface area contributed by atoms with Crippen LogP contribution in [0.4, 0.5) is 0 Å². The fourth-order valence-corrected chi connectivity index (χ4v) is 3.02. The molecule has 16 heavy (non-hydrogen) atoms. The summed E-state index contributed by atoms with van der Waals surface area (Å²) in [7, 11) is 0. The van der Waals surface area contributed by atoms with Gasteiger partial charge in [0.1, 0.15) is 5.75 Å². The Morgan fingerprint density at radius 1 is 1.25 bits per heavy atom. The number of hydrogen-bond donors (Lipinski definition) is 3. The second-order valence-electron chi connectivity index (χ2n) is 4.11. The highest BCUT2D eigenvalue weighted by molar-refractivity contribution is 9.11. The van der Waals surface area contributed by atoms with Crippen LogP contribution < -0.4 is 5.32 Å². The van der Waals surface area contributed by atoms with Crippen molar-refractivity contribution in [3.63, 3.8) is 0 Å². The van der Waals surface area contributed by atoms with Crippen LogP contribution in [0.25, 0.3) is 0 Å². The Hall–Kier alpha value is -0.100. The average Bonchev–Trinajstić information content (AvgIpc) is 2.19. The van der Waals surface area contributed by atoms with Gasteiger partial charge in [-0.25, -0.2) is 0 Å². The zero-order chi connectivity index (χ0) is 11.7. The lowest BCUT2D eigenvalue weighted by Gasteiger charge is -2.32. The van der Waals surface area contributed by atoms with Crippen LogP contribution in [0, 0.1) is 0 Å². The van der Waals surface area contributed by atoms with Gasteiger partial charge in [-0.05, 0) is 62.4 Å². The van der Waals surface area contributed by atoms with E-state index < -0.39 is 0 Å². The molecule has 0 aromatic heterocycles. The molecule has 1 aromatic rings. The minimum atomic E-state index is -0.129. The molecule has 88 valence electrons. The number of nitrogens with one attached hydrogen (secondary N) is 1. The van der Waals surface area contributed by atoms with Crippen molar-refractivity contribution in [1.29, 1.82) is 0 Å². The van der Waals surface area contributed by atoms with Crippen LogP contribution in [-0.4, -0.2) is 22.4 Å². The molecule has 1 fully saturated rings. The van der Waals surface area contributed by atoms with E-state index in [1.54, 1.807) is 0 Å². The fourth-order valence-electron chi connectivity index (χ4n) is 1.74. The number of aliphatic hydroxyl groups is 1. The van der Waals surface area contributed by atoms with E-state index in [0.29, 0.717) is 15.0 Å². The van der Waals surface area contributed by atoms with Crippen LogP contribution >= 0.6 is 31.9 Å². The van der Waals surface area contributed by atoms with Gasteiger partial charge in [-0.15, -0.1) is 0 Å². The summed E-state index contributed by atoms with van der Waals surface area (Å²) < 4.78 is 1.37. The molecule has 1 aliphatic rings. The summed E-state index contributed by atoms with van der Waals surface area (Å²) in [4.78, 5) is 0. The molecule has 1 aliphatic carbocycles. The Bertz CT molecular complexity index is 369. The number of halogens is 2. The zero-order valence-corrected chi connectivity index (χ0v) is 11.8. The molecular weight excluding hydrogens is 338 g/mol. The van der Waals surface area contributed by atoms with Crippen LogP contribution in [-0.2, 0) is 6.54 Å². The summed E-state index contributed by atoms with van der Waals surface area (Å²) in [5, 5.41) is 22.1. The Kier molecular flexibility index (Phi) is 3.89.